The molecular weight excluding hydrogens is 260 g/mol. The highest BCUT2D eigenvalue weighted by atomic mass is 16.2. The summed E-state index contributed by atoms with van der Waals surface area (Å²) in [5.41, 5.74) is 7.84. The number of carbonyl (C=O) groups excluding carboxylic acids is 1. The van der Waals surface area contributed by atoms with Gasteiger partial charge in [0.25, 0.3) is 0 Å². The van der Waals surface area contributed by atoms with E-state index in [1.807, 2.05) is 17.0 Å². The van der Waals surface area contributed by atoms with E-state index in [2.05, 4.69) is 32.9 Å². The number of amides is 1. The second-order valence-electron chi connectivity index (χ2n) is 5.74. The highest BCUT2D eigenvalue weighted by Gasteiger charge is 2.23. The molecule has 1 aromatic carbocycles. The smallest absolute Gasteiger partial charge is 0.230 e. The summed E-state index contributed by atoms with van der Waals surface area (Å²) in [4.78, 5) is 14.8. The molecule has 2 N–H and O–H groups in total. The van der Waals surface area contributed by atoms with Crippen LogP contribution in [-0.2, 0) is 4.79 Å². The zero-order chi connectivity index (χ0) is 15.7. The number of rotatable bonds is 9. The number of carbonyl (C=O) groups is 1. The second kappa shape index (κ2) is 9.56. The first-order valence-corrected chi connectivity index (χ1v) is 8.22. The van der Waals surface area contributed by atoms with Crippen LogP contribution in [-0.4, -0.2) is 19.0 Å². The van der Waals surface area contributed by atoms with Gasteiger partial charge in [-0.2, -0.15) is 0 Å². The van der Waals surface area contributed by atoms with Gasteiger partial charge in [0.1, 0.15) is 0 Å². The van der Waals surface area contributed by atoms with Gasteiger partial charge in [-0.15, -0.1) is 0 Å². The van der Waals surface area contributed by atoms with Crippen LogP contribution in [0.25, 0.3) is 0 Å². The molecule has 0 aliphatic heterocycles. The summed E-state index contributed by atoms with van der Waals surface area (Å²) in [6.45, 7) is 7.68. The third-order valence-corrected chi connectivity index (χ3v) is 3.82. The van der Waals surface area contributed by atoms with Gasteiger partial charge in [-0.1, -0.05) is 44.4 Å². The molecule has 0 spiro atoms. The largest absolute Gasteiger partial charge is 0.330 e. The maximum atomic E-state index is 12.9. The quantitative estimate of drug-likeness (QED) is 0.750. The summed E-state index contributed by atoms with van der Waals surface area (Å²) in [5, 5.41) is 0. The number of nitrogens with two attached hydrogens (primary N) is 1. The number of hydrogen-bond acceptors (Lipinski definition) is 2. The minimum atomic E-state index is 0.138. The molecular formula is C18H30N2O. The van der Waals surface area contributed by atoms with Crippen molar-refractivity contribution in [3.05, 3.63) is 29.8 Å². The summed E-state index contributed by atoms with van der Waals surface area (Å²) in [7, 11) is 0. The Hall–Kier alpha value is -1.35. The molecule has 0 bridgehead atoms. The van der Waals surface area contributed by atoms with E-state index < -0.39 is 0 Å². The fraction of sp³-hybridized carbons (Fsp3) is 0.611. The minimum Gasteiger partial charge on any atom is -0.330 e. The summed E-state index contributed by atoms with van der Waals surface area (Å²) in [6.07, 6.45) is 4.88. The molecule has 0 unspecified atom stereocenters. The van der Waals surface area contributed by atoms with E-state index in [1.54, 1.807) is 0 Å². The predicted octanol–water partition coefficient (Wildman–Crippen LogP) is 3.89. The molecule has 0 saturated carbocycles. The maximum absolute atomic E-state index is 12.9. The average Bonchev–Trinajstić information content (AvgIpc) is 2.49. The number of benzene rings is 1. The summed E-state index contributed by atoms with van der Waals surface area (Å²) in [6, 6.07) is 8.21. The fourth-order valence-corrected chi connectivity index (χ4v) is 2.65. The Morgan fingerprint density at radius 1 is 1.14 bits per heavy atom. The molecule has 0 aromatic heterocycles. The van der Waals surface area contributed by atoms with Gasteiger partial charge in [0, 0.05) is 18.2 Å². The lowest BCUT2D eigenvalue weighted by molar-refractivity contribution is -0.122. The highest BCUT2D eigenvalue weighted by molar-refractivity contribution is 5.95. The number of aryl methyl sites for hydroxylation is 1. The lowest BCUT2D eigenvalue weighted by atomic mass is 9.96. The van der Waals surface area contributed by atoms with Gasteiger partial charge in [-0.25, -0.2) is 0 Å². The Kier molecular flexibility index (Phi) is 8.06. The van der Waals surface area contributed by atoms with Gasteiger partial charge in [0.2, 0.25) is 5.91 Å². The topological polar surface area (TPSA) is 46.3 Å². The molecule has 0 fully saturated rings. The summed E-state index contributed by atoms with van der Waals surface area (Å²) >= 11 is 0. The minimum absolute atomic E-state index is 0.138. The molecule has 0 radical (unpaired) electrons. The van der Waals surface area contributed by atoms with E-state index in [0.29, 0.717) is 13.1 Å². The van der Waals surface area contributed by atoms with Crippen LogP contribution in [0.3, 0.4) is 0 Å². The molecule has 21 heavy (non-hydrogen) atoms. The molecule has 0 atom stereocenters. The van der Waals surface area contributed by atoms with Crippen LogP contribution in [0.5, 0.6) is 0 Å². The van der Waals surface area contributed by atoms with Gasteiger partial charge >= 0.3 is 0 Å². The van der Waals surface area contributed by atoms with Crippen molar-refractivity contribution < 1.29 is 4.79 Å². The average molecular weight is 290 g/mol. The molecule has 0 aliphatic rings. The van der Waals surface area contributed by atoms with E-state index >= 15 is 0 Å². The molecule has 118 valence electrons. The Balaban J connectivity index is 2.93. The number of nitrogens with zero attached hydrogens (tertiary/aromatic N) is 1. The summed E-state index contributed by atoms with van der Waals surface area (Å²) < 4.78 is 0. The molecule has 1 amide bonds. The second-order valence-corrected chi connectivity index (χ2v) is 5.74. The first kappa shape index (κ1) is 17.7. The van der Waals surface area contributed by atoms with Crippen molar-refractivity contribution in [2.24, 2.45) is 11.7 Å². The standard InChI is InChI=1S/C18H30N2O/c1-4-7-16(8-5-2)18(21)20(14-6-13-19)17-11-9-15(3)10-12-17/h9-12,16H,4-8,13-14,19H2,1-3H3. The fourth-order valence-electron chi connectivity index (χ4n) is 2.65. The van der Waals surface area contributed by atoms with Gasteiger partial charge in [0.05, 0.1) is 0 Å². The van der Waals surface area contributed by atoms with E-state index in [-0.39, 0.29) is 11.8 Å². The molecule has 0 aliphatic carbocycles. The predicted molar refractivity (Wildman–Crippen MR) is 90.5 cm³/mol. The van der Waals surface area contributed by atoms with Gasteiger partial charge in [0.15, 0.2) is 0 Å². The lowest BCUT2D eigenvalue weighted by Gasteiger charge is -2.27. The zero-order valence-electron chi connectivity index (χ0n) is 13.8. The van der Waals surface area contributed by atoms with E-state index in [1.165, 1.54) is 5.56 Å². The van der Waals surface area contributed by atoms with Crippen LogP contribution in [0.4, 0.5) is 5.69 Å². The Labute approximate surface area is 129 Å². The van der Waals surface area contributed by atoms with E-state index in [9.17, 15) is 4.79 Å². The van der Waals surface area contributed by atoms with Crippen molar-refractivity contribution in [3.63, 3.8) is 0 Å². The van der Waals surface area contributed by atoms with Crippen LogP contribution in [0.2, 0.25) is 0 Å². The Morgan fingerprint density at radius 2 is 1.71 bits per heavy atom. The van der Waals surface area contributed by atoms with E-state index in [0.717, 1.165) is 37.8 Å². The molecule has 3 heteroatoms. The van der Waals surface area contributed by atoms with Crippen molar-refractivity contribution >= 4 is 11.6 Å². The van der Waals surface area contributed by atoms with Gasteiger partial charge in [-0.3, -0.25) is 4.79 Å². The highest BCUT2D eigenvalue weighted by Crippen LogP contribution is 2.22. The van der Waals surface area contributed by atoms with Crippen molar-refractivity contribution in [3.8, 4) is 0 Å². The summed E-state index contributed by atoms with van der Waals surface area (Å²) in [5.74, 6) is 0.398. The van der Waals surface area contributed by atoms with Crippen LogP contribution in [0.1, 0.15) is 51.5 Å². The van der Waals surface area contributed by atoms with Crippen LogP contribution in [0.15, 0.2) is 24.3 Å². The third kappa shape index (κ3) is 5.50. The van der Waals surface area contributed by atoms with Crippen LogP contribution < -0.4 is 10.6 Å². The van der Waals surface area contributed by atoms with Gasteiger partial charge < -0.3 is 10.6 Å². The number of anilines is 1. The monoisotopic (exact) mass is 290 g/mol. The molecule has 1 rings (SSSR count). The maximum Gasteiger partial charge on any atom is 0.230 e. The van der Waals surface area contributed by atoms with Crippen molar-refractivity contribution in [2.75, 3.05) is 18.0 Å². The molecule has 1 aromatic rings. The van der Waals surface area contributed by atoms with Crippen molar-refractivity contribution in [2.45, 2.75) is 52.9 Å². The van der Waals surface area contributed by atoms with Crippen molar-refractivity contribution in [1.82, 2.24) is 0 Å². The lowest BCUT2D eigenvalue weighted by Crippen LogP contribution is -2.37. The number of hydrogen-bond donors (Lipinski definition) is 1. The Bertz CT molecular complexity index is 408. The molecule has 0 saturated heterocycles. The first-order chi connectivity index (χ1) is 10.1. The SMILES string of the molecule is CCCC(CCC)C(=O)N(CCCN)c1ccc(C)cc1. The third-order valence-electron chi connectivity index (χ3n) is 3.82. The van der Waals surface area contributed by atoms with Gasteiger partial charge in [-0.05, 0) is 44.9 Å². The van der Waals surface area contributed by atoms with E-state index in [4.69, 9.17) is 5.73 Å². The normalized spacial score (nSPS) is 10.9. The molecule has 3 nitrogen and oxygen atoms in total. The zero-order valence-corrected chi connectivity index (χ0v) is 13.8. The van der Waals surface area contributed by atoms with Crippen molar-refractivity contribution in [1.29, 1.82) is 0 Å². The first-order valence-electron chi connectivity index (χ1n) is 8.22. The molecule has 0 heterocycles. The van der Waals surface area contributed by atoms with Crippen LogP contribution in [0, 0.1) is 12.8 Å². The van der Waals surface area contributed by atoms with Crippen LogP contribution >= 0.6 is 0 Å². The Morgan fingerprint density at radius 3 is 2.19 bits per heavy atom.